The number of allylic oxidation sites excluding steroid dienone is 6. The van der Waals surface area contributed by atoms with E-state index in [1.165, 1.54) is 11.1 Å². The summed E-state index contributed by atoms with van der Waals surface area (Å²) >= 11 is 0. The van der Waals surface area contributed by atoms with Gasteiger partial charge in [-0.25, -0.2) is 0 Å². The highest BCUT2D eigenvalue weighted by atomic mass is 14.7. The average molecular weight is 173 g/mol. The van der Waals surface area contributed by atoms with Crippen LogP contribution in [0, 0.1) is 0 Å². The first kappa shape index (κ1) is 9.72. The van der Waals surface area contributed by atoms with Gasteiger partial charge in [0.25, 0.3) is 0 Å². The summed E-state index contributed by atoms with van der Waals surface area (Å²) in [5.74, 6) is 0. The topological polar surface area (TPSA) is 12.4 Å². The highest BCUT2D eigenvalue weighted by molar-refractivity contribution is 5.80. The third-order valence-electron chi connectivity index (χ3n) is 1.97. The molecule has 0 aromatic heterocycles. The molecule has 1 heterocycles. The maximum absolute atomic E-state index is 4.06. The Bertz CT molecular complexity index is 290. The van der Waals surface area contributed by atoms with Crippen molar-refractivity contribution in [3.8, 4) is 0 Å². The summed E-state index contributed by atoms with van der Waals surface area (Å²) in [5.41, 5.74) is 2.51. The van der Waals surface area contributed by atoms with Crippen molar-refractivity contribution in [2.24, 2.45) is 4.99 Å². The zero-order valence-corrected chi connectivity index (χ0v) is 8.03. The molecule has 0 aromatic rings. The maximum atomic E-state index is 4.06. The lowest BCUT2D eigenvalue weighted by Gasteiger charge is -1.99. The van der Waals surface area contributed by atoms with Crippen molar-refractivity contribution in [2.75, 3.05) is 0 Å². The minimum absolute atomic E-state index is 0.980. The van der Waals surface area contributed by atoms with E-state index in [-0.39, 0.29) is 0 Å². The fourth-order valence-corrected chi connectivity index (χ4v) is 1.10. The minimum atomic E-state index is 0.980. The van der Waals surface area contributed by atoms with Gasteiger partial charge < -0.3 is 0 Å². The van der Waals surface area contributed by atoms with Crippen LogP contribution in [0.1, 0.15) is 19.8 Å². The first-order valence-electron chi connectivity index (χ1n) is 4.57. The third-order valence-corrected chi connectivity index (χ3v) is 1.97. The molecular formula is C12H15N. The van der Waals surface area contributed by atoms with Crippen LogP contribution in [0.4, 0.5) is 0 Å². The van der Waals surface area contributed by atoms with E-state index in [2.05, 4.69) is 36.7 Å². The third kappa shape index (κ3) is 3.24. The molecule has 1 aliphatic rings. The van der Waals surface area contributed by atoms with Gasteiger partial charge >= 0.3 is 0 Å². The average Bonchev–Trinajstić information content (AvgIpc) is 2.21. The molecule has 0 bridgehead atoms. The van der Waals surface area contributed by atoms with E-state index in [4.69, 9.17) is 0 Å². The van der Waals surface area contributed by atoms with Gasteiger partial charge in [-0.2, -0.15) is 0 Å². The Labute approximate surface area is 79.9 Å². The number of aliphatic imine (C=N–C) groups is 1. The van der Waals surface area contributed by atoms with Gasteiger partial charge in [0.1, 0.15) is 0 Å². The first-order chi connectivity index (χ1) is 6.36. The summed E-state index contributed by atoms with van der Waals surface area (Å²) in [4.78, 5) is 4.06. The van der Waals surface area contributed by atoms with Crippen LogP contribution in [-0.2, 0) is 0 Å². The second-order valence-electron chi connectivity index (χ2n) is 2.91. The van der Waals surface area contributed by atoms with Crippen molar-refractivity contribution in [1.29, 1.82) is 0 Å². The molecule has 13 heavy (non-hydrogen) atoms. The molecule has 0 unspecified atom stereocenters. The van der Waals surface area contributed by atoms with Gasteiger partial charge in [0.15, 0.2) is 0 Å². The summed E-state index contributed by atoms with van der Waals surface area (Å²) in [6.07, 6.45) is 13.9. The predicted molar refractivity (Wildman–Crippen MR) is 58.9 cm³/mol. The lowest BCUT2D eigenvalue weighted by Crippen LogP contribution is -1.86. The van der Waals surface area contributed by atoms with Gasteiger partial charge in [-0.3, -0.25) is 4.99 Å². The molecule has 0 fully saturated rings. The Morgan fingerprint density at radius 2 is 2.54 bits per heavy atom. The largest absolute Gasteiger partial charge is 0.265 e. The van der Waals surface area contributed by atoms with Crippen molar-refractivity contribution in [1.82, 2.24) is 0 Å². The van der Waals surface area contributed by atoms with Gasteiger partial charge in [0.05, 0.1) is 0 Å². The van der Waals surface area contributed by atoms with Gasteiger partial charge in [-0.05, 0) is 24.0 Å². The molecule has 68 valence electrons. The molecule has 1 rings (SSSR count). The lowest BCUT2D eigenvalue weighted by atomic mass is 10.1. The summed E-state index contributed by atoms with van der Waals surface area (Å²) in [6.45, 7) is 5.88. The van der Waals surface area contributed by atoms with Gasteiger partial charge in [-0.15, -0.1) is 0 Å². The quantitative estimate of drug-likeness (QED) is 0.580. The molecule has 0 amide bonds. The van der Waals surface area contributed by atoms with E-state index < -0.39 is 0 Å². The predicted octanol–water partition coefficient (Wildman–Crippen LogP) is 3.42. The van der Waals surface area contributed by atoms with Crippen molar-refractivity contribution < 1.29 is 0 Å². The molecule has 0 atom stereocenters. The Morgan fingerprint density at radius 3 is 3.08 bits per heavy atom. The maximum Gasteiger partial charge on any atom is 0.0302 e. The van der Waals surface area contributed by atoms with E-state index >= 15 is 0 Å². The van der Waals surface area contributed by atoms with E-state index in [9.17, 15) is 0 Å². The number of rotatable bonds is 3. The Hall–Kier alpha value is -1.37. The van der Waals surface area contributed by atoms with Crippen LogP contribution < -0.4 is 0 Å². The molecule has 1 nitrogen and oxygen atoms in total. The number of hydrogen-bond acceptors (Lipinski definition) is 1. The van der Waals surface area contributed by atoms with Crippen LogP contribution in [0.3, 0.4) is 0 Å². The van der Waals surface area contributed by atoms with Gasteiger partial charge in [0, 0.05) is 12.4 Å². The van der Waals surface area contributed by atoms with Crippen molar-refractivity contribution in [3.63, 3.8) is 0 Å². The second kappa shape index (κ2) is 5.31. The standard InChI is InChI=1S/C12H15N/c1-3-11(4-2)7-8-12-6-5-9-13-10-12/h3,5,7-10H,1,4,6H2,2H3/b11-7+,12-8+. The molecular weight excluding hydrogens is 158 g/mol. The SMILES string of the molecule is C=C/C(=C\C=C1\C=NC=CC1)CC. The molecule has 0 aliphatic carbocycles. The van der Waals surface area contributed by atoms with Crippen LogP contribution in [0.25, 0.3) is 0 Å². The highest BCUT2D eigenvalue weighted by Gasteiger charge is 1.92. The van der Waals surface area contributed by atoms with Crippen LogP contribution in [0.15, 0.2) is 53.2 Å². The summed E-state index contributed by atoms with van der Waals surface area (Å²) in [6, 6.07) is 0. The van der Waals surface area contributed by atoms with Crippen molar-refractivity contribution >= 4 is 6.21 Å². The molecule has 0 spiro atoms. The Morgan fingerprint density at radius 1 is 1.69 bits per heavy atom. The first-order valence-corrected chi connectivity index (χ1v) is 4.57. The van der Waals surface area contributed by atoms with Crippen LogP contribution >= 0.6 is 0 Å². The minimum Gasteiger partial charge on any atom is -0.265 e. The van der Waals surface area contributed by atoms with Crippen LogP contribution in [-0.4, -0.2) is 6.21 Å². The molecule has 0 radical (unpaired) electrons. The Kier molecular flexibility index (Phi) is 3.97. The number of hydrogen-bond donors (Lipinski definition) is 0. The normalized spacial score (nSPS) is 19.5. The van der Waals surface area contributed by atoms with E-state index in [1.807, 2.05) is 18.5 Å². The monoisotopic (exact) mass is 173 g/mol. The second-order valence-corrected chi connectivity index (χ2v) is 2.91. The Balaban J connectivity index is 2.65. The molecule has 1 heteroatoms. The summed E-state index contributed by atoms with van der Waals surface area (Å²) < 4.78 is 0. The van der Waals surface area contributed by atoms with Crippen molar-refractivity contribution in [2.45, 2.75) is 19.8 Å². The van der Waals surface area contributed by atoms with Crippen molar-refractivity contribution in [3.05, 3.63) is 48.2 Å². The zero-order chi connectivity index (χ0) is 9.52. The van der Waals surface area contributed by atoms with Crippen LogP contribution in [0.5, 0.6) is 0 Å². The number of nitrogens with zero attached hydrogens (tertiary/aromatic N) is 1. The molecule has 1 aliphatic heterocycles. The van der Waals surface area contributed by atoms with E-state index in [0.717, 1.165) is 12.8 Å². The molecule has 0 saturated heterocycles. The van der Waals surface area contributed by atoms with Gasteiger partial charge in [0.2, 0.25) is 0 Å². The fraction of sp³-hybridized carbons (Fsp3) is 0.250. The fourth-order valence-electron chi connectivity index (χ4n) is 1.10. The molecule has 0 aromatic carbocycles. The molecule has 0 saturated carbocycles. The highest BCUT2D eigenvalue weighted by Crippen LogP contribution is 2.08. The molecule has 0 N–H and O–H groups in total. The van der Waals surface area contributed by atoms with E-state index in [1.54, 1.807) is 0 Å². The van der Waals surface area contributed by atoms with Gasteiger partial charge in [-0.1, -0.05) is 37.8 Å². The zero-order valence-electron chi connectivity index (χ0n) is 8.03. The lowest BCUT2D eigenvalue weighted by molar-refractivity contribution is 1.15. The van der Waals surface area contributed by atoms with Crippen LogP contribution in [0.2, 0.25) is 0 Å². The van der Waals surface area contributed by atoms with E-state index in [0.29, 0.717) is 0 Å². The smallest absolute Gasteiger partial charge is 0.0302 e. The summed E-state index contributed by atoms with van der Waals surface area (Å²) in [7, 11) is 0. The summed E-state index contributed by atoms with van der Waals surface area (Å²) in [5, 5.41) is 0.